The van der Waals surface area contributed by atoms with Crippen molar-refractivity contribution in [3.63, 3.8) is 0 Å². The Morgan fingerprint density at radius 3 is 2.00 bits per heavy atom. The molecule has 1 unspecified atom stereocenters. The maximum Gasteiger partial charge on any atom is 0.416 e. The van der Waals surface area contributed by atoms with Crippen molar-refractivity contribution in [2.45, 2.75) is 18.7 Å². The number of aliphatic carboxylic acids is 1. The second-order valence-electron chi connectivity index (χ2n) is 8.01. The van der Waals surface area contributed by atoms with E-state index in [0.717, 1.165) is 29.8 Å². The summed E-state index contributed by atoms with van der Waals surface area (Å²) in [5, 5.41) is 9.54. The molecule has 0 heterocycles. The number of carboxylic acids is 1. The number of carboxylic acid groups (broad SMARTS) is 1. The first-order valence-corrected chi connectivity index (χ1v) is 11.0. The molecular weight excluding hydrogens is 483 g/mol. The number of alkyl halides is 3. The van der Waals surface area contributed by atoms with Gasteiger partial charge in [-0.3, -0.25) is 14.5 Å². The van der Waals surface area contributed by atoms with Gasteiger partial charge in [0.25, 0.3) is 0 Å². The molecule has 0 aliphatic heterocycles. The predicted octanol–water partition coefficient (Wildman–Crippen LogP) is 6.12. The van der Waals surface area contributed by atoms with Crippen LogP contribution in [0.25, 0.3) is 0 Å². The molecule has 0 aliphatic carbocycles. The SMILES string of the molecule is CN(CCC(Oc1ccc(C(=O)c2ccc(C(F)(F)F)cc2)cc1)c1ccc(Cl)cc1)CC(=O)O. The summed E-state index contributed by atoms with van der Waals surface area (Å²) in [5.74, 6) is -0.852. The number of ether oxygens (including phenoxy) is 1. The van der Waals surface area contributed by atoms with E-state index in [-0.39, 0.29) is 12.1 Å². The highest BCUT2D eigenvalue weighted by molar-refractivity contribution is 6.30. The van der Waals surface area contributed by atoms with E-state index in [9.17, 15) is 22.8 Å². The standard InChI is InChI=1S/C26H23ClF3NO4/c1-31(16-24(32)33)15-14-23(17-4-10-21(27)11-5-17)35-22-12-6-19(7-13-22)25(34)18-2-8-20(9-3-18)26(28,29)30/h2-13,23H,14-16H2,1H3,(H,32,33). The average molecular weight is 506 g/mol. The van der Waals surface area contributed by atoms with Crippen molar-refractivity contribution in [3.05, 3.63) is 100 Å². The van der Waals surface area contributed by atoms with Crippen molar-refractivity contribution in [2.24, 2.45) is 0 Å². The molecule has 35 heavy (non-hydrogen) atoms. The topological polar surface area (TPSA) is 66.8 Å². The summed E-state index contributed by atoms with van der Waals surface area (Å²) < 4.78 is 44.4. The summed E-state index contributed by atoms with van der Waals surface area (Å²) in [6.07, 6.45) is -4.37. The fourth-order valence-corrected chi connectivity index (χ4v) is 3.57. The summed E-state index contributed by atoms with van der Waals surface area (Å²) in [7, 11) is 1.70. The minimum atomic E-state index is -4.47. The molecule has 184 valence electrons. The minimum absolute atomic E-state index is 0.103. The Hall–Kier alpha value is -3.36. The molecule has 0 fully saturated rings. The van der Waals surface area contributed by atoms with Gasteiger partial charge >= 0.3 is 12.1 Å². The largest absolute Gasteiger partial charge is 0.486 e. The van der Waals surface area contributed by atoms with Crippen LogP contribution in [0.4, 0.5) is 13.2 Å². The Morgan fingerprint density at radius 2 is 1.49 bits per heavy atom. The zero-order valence-corrected chi connectivity index (χ0v) is 19.5. The third-order valence-electron chi connectivity index (χ3n) is 5.29. The smallest absolute Gasteiger partial charge is 0.416 e. The zero-order valence-electron chi connectivity index (χ0n) is 18.8. The summed E-state index contributed by atoms with van der Waals surface area (Å²) >= 11 is 5.99. The van der Waals surface area contributed by atoms with E-state index in [1.807, 2.05) is 12.1 Å². The second kappa shape index (κ2) is 11.4. The van der Waals surface area contributed by atoms with E-state index < -0.39 is 29.6 Å². The highest BCUT2D eigenvalue weighted by Gasteiger charge is 2.30. The van der Waals surface area contributed by atoms with E-state index >= 15 is 0 Å². The van der Waals surface area contributed by atoms with Crippen molar-refractivity contribution >= 4 is 23.4 Å². The maximum absolute atomic E-state index is 12.8. The van der Waals surface area contributed by atoms with Crippen LogP contribution in [0.2, 0.25) is 5.02 Å². The van der Waals surface area contributed by atoms with Gasteiger partial charge in [-0.05, 0) is 61.1 Å². The first-order chi connectivity index (χ1) is 16.5. The maximum atomic E-state index is 12.8. The molecule has 0 amide bonds. The van der Waals surface area contributed by atoms with Crippen LogP contribution in [0.3, 0.4) is 0 Å². The number of benzene rings is 3. The average Bonchev–Trinajstić information content (AvgIpc) is 2.81. The van der Waals surface area contributed by atoms with Gasteiger partial charge < -0.3 is 9.84 Å². The van der Waals surface area contributed by atoms with Gasteiger partial charge in [0.2, 0.25) is 0 Å². The van der Waals surface area contributed by atoms with E-state index in [1.54, 1.807) is 48.3 Å². The number of carbonyl (C=O) groups is 2. The van der Waals surface area contributed by atoms with Crippen molar-refractivity contribution < 1.29 is 32.6 Å². The number of likely N-dealkylation sites (N-methyl/N-ethyl adjacent to an activating group) is 1. The number of hydrogen-bond acceptors (Lipinski definition) is 4. The molecule has 1 N–H and O–H groups in total. The van der Waals surface area contributed by atoms with Crippen LogP contribution in [-0.4, -0.2) is 41.9 Å². The lowest BCUT2D eigenvalue weighted by molar-refractivity contribution is -0.138. The van der Waals surface area contributed by atoms with Crippen LogP contribution in [0.1, 0.15) is 39.6 Å². The van der Waals surface area contributed by atoms with Crippen LogP contribution < -0.4 is 4.74 Å². The Bertz CT molecular complexity index is 1150. The third-order valence-corrected chi connectivity index (χ3v) is 5.54. The molecule has 0 aliphatic rings. The molecule has 0 spiro atoms. The van der Waals surface area contributed by atoms with Gasteiger partial charge in [-0.2, -0.15) is 13.2 Å². The van der Waals surface area contributed by atoms with Crippen LogP contribution in [-0.2, 0) is 11.0 Å². The lowest BCUT2D eigenvalue weighted by atomic mass is 10.0. The molecule has 3 rings (SSSR count). The highest BCUT2D eigenvalue weighted by atomic mass is 35.5. The predicted molar refractivity (Wildman–Crippen MR) is 126 cm³/mol. The molecule has 0 saturated carbocycles. The van der Waals surface area contributed by atoms with Crippen molar-refractivity contribution in [1.82, 2.24) is 4.90 Å². The normalized spacial score (nSPS) is 12.4. The van der Waals surface area contributed by atoms with E-state index in [0.29, 0.717) is 29.3 Å². The summed E-state index contributed by atoms with van der Waals surface area (Å²) in [5.41, 5.74) is 0.483. The second-order valence-corrected chi connectivity index (χ2v) is 8.44. The monoisotopic (exact) mass is 505 g/mol. The molecule has 3 aromatic carbocycles. The number of halogens is 4. The molecule has 0 radical (unpaired) electrons. The molecule has 0 bridgehead atoms. The molecular formula is C26H23ClF3NO4. The zero-order chi connectivity index (χ0) is 25.6. The van der Waals surface area contributed by atoms with Crippen LogP contribution in [0.15, 0.2) is 72.8 Å². The number of nitrogens with zero attached hydrogens (tertiary/aromatic N) is 1. The Labute approximate surface area is 205 Å². The van der Waals surface area contributed by atoms with Crippen LogP contribution in [0.5, 0.6) is 5.75 Å². The van der Waals surface area contributed by atoms with E-state index in [1.165, 1.54) is 0 Å². The number of hydrogen-bond donors (Lipinski definition) is 1. The number of rotatable bonds is 10. The summed E-state index contributed by atoms with van der Waals surface area (Å²) in [6, 6.07) is 17.5. The van der Waals surface area contributed by atoms with Crippen LogP contribution >= 0.6 is 11.6 Å². The molecule has 1 atom stereocenters. The van der Waals surface area contributed by atoms with Gasteiger partial charge in [0, 0.05) is 29.1 Å². The fourth-order valence-electron chi connectivity index (χ4n) is 3.45. The van der Waals surface area contributed by atoms with Crippen LogP contribution in [0, 0.1) is 0 Å². The first-order valence-electron chi connectivity index (χ1n) is 10.7. The van der Waals surface area contributed by atoms with Crippen molar-refractivity contribution in [1.29, 1.82) is 0 Å². The molecule has 0 saturated heterocycles. The molecule has 0 aromatic heterocycles. The first kappa shape index (κ1) is 26.2. The lowest BCUT2D eigenvalue weighted by Crippen LogP contribution is -2.28. The van der Waals surface area contributed by atoms with Gasteiger partial charge in [-0.15, -0.1) is 0 Å². The van der Waals surface area contributed by atoms with Crippen molar-refractivity contribution in [3.8, 4) is 5.75 Å². The summed E-state index contributed by atoms with van der Waals surface area (Å²) in [6.45, 7) is 0.359. The Morgan fingerprint density at radius 1 is 0.943 bits per heavy atom. The molecule has 3 aromatic rings. The van der Waals surface area contributed by atoms with Crippen molar-refractivity contribution in [2.75, 3.05) is 20.1 Å². The van der Waals surface area contributed by atoms with E-state index in [2.05, 4.69) is 0 Å². The minimum Gasteiger partial charge on any atom is -0.486 e. The third kappa shape index (κ3) is 7.56. The van der Waals surface area contributed by atoms with Gasteiger partial charge in [0.05, 0.1) is 12.1 Å². The number of carbonyl (C=O) groups excluding carboxylic acids is 1. The number of ketones is 1. The summed E-state index contributed by atoms with van der Waals surface area (Å²) in [4.78, 5) is 25.3. The van der Waals surface area contributed by atoms with Gasteiger partial charge in [-0.25, -0.2) is 0 Å². The molecule has 9 heteroatoms. The highest BCUT2D eigenvalue weighted by Crippen LogP contribution is 2.30. The Balaban J connectivity index is 1.73. The Kier molecular flexibility index (Phi) is 8.53. The fraction of sp³-hybridized carbons (Fsp3) is 0.231. The van der Waals surface area contributed by atoms with Gasteiger partial charge in [0.1, 0.15) is 11.9 Å². The molecule has 5 nitrogen and oxygen atoms in total. The van der Waals surface area contributed by atoms with Gasteiger partial charge in [0.15, 0.2) is 5.78 Å². The van der Waals surface area contributed by atoms with Gasteiger partial charge in [-0.1, -0.05) is 35.9 Å². The quantitative estimate of drug-likeness (QED) is 0.336. The lowest BCUT2D eigenvalue weighted by Gasteiger charge is -2.23. The van der Waals surface area contributed by atoms with E-state index in [4.69, 9.17) is 21.4 Å².